The molecule has 2 bridgehead atoms. The molecule has 0 unspecified atom stereocenters. The van der Waals surface area contributed by atoms with E-state index in [1.165, 1.54) is 17.0 Å². The number of carbonyl (C=O) groups excluding carboxylic acids is 4. The molecule has 6 heteroatoms. The summed E-state index contributed by atoms with van der Waals surface area (Å²) in [5.41, 5.74) is 7.58. The maximum atomic E-state index is 14.0. The number of esters is 1. The Morgan fingerprint density at radius 1 is 0.533 bits per heavy atom. The number of Topliss-reactive ketones (excluding diaryl/α,β-unsaturated/α-hetero) is 1. The maximum Gasteiger partial charge on any atom is 0.338 e. The number of anilines is 1. The van der Waals surface area contributed by atoms with Crippen molar-refractivity contribution in [2.24, 2.45) is 11.8 Å². The molecule has 5 aromatic rings. The fourth-order valence-corrected chi connectivity index (χ4v) is 7.46. The summed E-state index contributed by atoms with van der Waals surface area (Å²) in [7, 11) is 0. The molecule has 6 nitrogen and oxygen atoms in total. The smallest absolute Gasteiger partial charge is 0.338 e. The molecule has 1 saturated heterocycles. The highest BCUT2D eigenvalue weighted by Gasteiger charge is 2.61. The van der Waals surface area contributed by atoms with E-state index in [-0.39, 0.29) is 35.0 Å². The first-order valence-electron chi connectivity index (χ1n) is 15.0. The van der Waals surface area contributed by atoms with Gasteiger partial charge in [-0.2, -0.15) is 0 Å². The molecule has 0 aromatic heterocycles. The van der Waals surface area contributed by atoms with Gasteiger partial charge in [-0.1, -0.05) is 103 Å². The van der Waals surface area contributed by atoms with Crippen LogP contribution >= 0.6 is 0 Å². The molecule has 5 aromatic carbocycles. The summed E-state index contributed by atoms with van der Waals surface area (Å²) in [6.45, 7) is -0.401. The number of ketones is 1. The number of hydrogen-bond donors (Lipinski definition) is 0. The first-order chi connectivity index (χ1) is 22.0. The molecule has 2 atom stereocenters. The van der Waals surface area contributed by atoms with Crippen LogP contribution in [0.4, 0.5) is 5.69 Å². The first kappa shape index (κ1) is 27.0. The second kappa shape index (κ2) is 10.5. The Morgan fingerprint density at radius 2 is 0.978 bits per heavy atom. The van der Waals surface area contributed by atoms with Gasteiger partial charge in [-0.3, -0.25) is 14.4 Å². The van der Waals surface area contributed by atoms with Crippen LogP contribution in [0, 0.1) is 11.8 Å². The average molecular weight is 590 g/mol. The van der Waals surface area contributed by atoms with Gasteiger partial charge in [0.15, 0.2) is 12.4 Å². The Bertz CT molecular complexity index is 1880. The van der Waals surface area contributed by atoms with E-state index >= 15 is 0 Å². The van der Waals surface area contributed by atoms with E-state index in [2.05, 4.69) is 24.3 Å². The van der Waals surface area contributed by atoms with Crippen molar-refractivity contribution in [3.05, 3.63) is 161 Å². The number of amides is 2. The molecule has 0 spiro atoms. The van der Waals surface area contributed by atoms with Crippen molar-refractivity contribution in [3.63, 3.8) is 0 Å². The zero-order valence-corrected chi connectivity index (χ0v) is 24.1. The summed E-state index contributed by atoms with van der Waals surface area (Å²) in [5, 5.41) is 0. The van der Waals surface area contributed by atoms with Crippen LogP contribution in [0.1, 0.15) is 54.8 Å². The van der Waals surface area contributed by atoms with Gasteiger partial charge in [-0.15, -0.1) is 0 Å². The van der Waals surface area contributed by atoms with Gasteiger partial charge >= 0.3 is 5.97 Å². The van der Waals surface area contributed by atoms with E-state index in [1.807, 2.05) is 66.7 Å². The van der Waals surface area contributed by atoms with Crippen LogP contribution in [0.15, 0.2) is 127 Å². The van der Waals surface area contributed by atoms with Crippen molar-refractivity contribution >= 4 is 29.3 Å². The van der Waals surface area contributed by atoms with Gasteiger partial charge in [-0.05, 0) is 57.6 Å². The van der Waals surface area contributed by atoms with Gasteiger partial charge in [0, 0.05) is 17.4 Å². The molecule has 0 radical (unpaired) electrons. The van der Waals surface area contributed by atoms with Crippen molar-refractivity contribution in [1.82, 2.24) is 0 Å². The lowest BCUT2D eigenvalue weighted by Gasteiger charge is -2.45. The third-order valence-corrected chi connectivity index (χ3v) is 9.46. The zero-order chi connectivity index (χ0) is 30.7. The fourth-order valence-electron chi connectivity index (χ4n) is 7.46. The number of benzene rings is 5. The molecule has 2 amide bonds. The highest BCUT2D eigenvalue weighted by molar-refractivity contribution is 6.23. The van der Waals surface area contributed by atoms with Crippen LogP contribution < -0.4 is 4.90 Å². The highest BCUT2D eigenvalue weighted by Crippen LogP contribution is 2.61. The Hall–Kier alpha value is -5.62. The predicted octanol–water partition coefficient (Wildman–Crippen LogP) is 6.79. The fraction of sp³-hybridized carbons (Fsp3) is 0.128. The topological polar surface area (TPSA) is 80.8 Å². The van der Waals surface area contributed by atoms with Gasteiger partial charge < -0.3 is 4.74 Å². The van der Waals surface area contributed by atoms with Gasteiger partial charge in [-0.25, -0.2) is 9.69 Å². The lowest BCUT2D eigenvalue weighted by atomic mass is 9.55. The molecule has 4 aliphatic rings. The zero-order valence-electron chi connectivity index (χ0n) is 24.1. The standard InChI is InChI=1S/C39H27NO5/c41-32(25-16-14-24(15-17-25)23-8-2-1-3-9-23)22-45-39(44)26-18-20-27(21-19-26)40-37(42)35-33-28-10-4-5-11-29(28)34(36(35)38(40)43)31-13-7-6-12-30(31)33/h1-21,33-36H,22H2/t33?,34?,35-,36+. The molecule has 1 fully saturated rings. The number of imide groups is 1. The van der Waals surface area contributed by atoms with E-state index in [0.717, 1.165) is 33.4 Å². The SMILES string of the molecule is O=C(COC(=O)c1ccc(N2C(=O)[C@@H]3C4c5ccccc5C(c5ccccc54)[C@@H]3C2=O)cc1)c1ccc(-c2ccccc2)cc1. The van der Waals surface area contributed by atoms with Crippen LogP contribution in [0.25, 0.3) is 11.1 Å². The van der Waals surface area contributed by atoms with Crippen molar-refractivity contribution < 1.29 is 23.9 Å². The van der Waals surface area contributed by atoms with E-state index in [9.17, 15) is 19.2 Å². The number of carbonyl (C=O) groups is 4. The van der Waals surface area contributed by atoms with Crippen LogP contribution in [-0.4, -0.2) is 30.2 Å². The molecule has 3 aliphatic carbocycles. The molecular formula is C39H27NO5. The quantitative estimate of drug-likeness (QED) is 0.124. The van der Waals surface area contributed by atoms with E-state index in [1.54, 1.807) is 24.3 Å². The highest BCUT2D eigenvalue weighted by atomic mass is 16.5. The second-order valence-electron chi connectivity index (χ2n) is 11.8. The van der Waals surface area contributed by atoms with Crippen LogP contribution in [0.2, 0.25) is 0 Å². The van der Waals surface area contributed by atoms with Crippen molar-refractivity contribution in [2.45, 2.75) is 11.8 Å². The molecular weight excluding hydrogens is 562 g/mol. The van der Waals surface area contributed by atoms with E-state index < -0.39 is 24.4 Å². The Morgan fingerprint density at radius 3 is 1.49 bits per heavy atom. The average Bonchev–Trinajstić information content (AvgIpc) is 3.37. The minimum Gasteiger partial charge on any atom is -0.454 e. The number of rotatable bonds is 6. The molecule has 9 rings (SSSR count). The summed E-state index contributed by atoms with van der Waals surface area (Å²) >= 11 is 0. The number of ether oxygens (including phenoxy) is 1. The largest absolute Gasteiger partial charge is 0.454 e. The summed E-state index contributed by atoms with van der Waals surface area (Å²) in [5.74, 6) is -2.74. The molecule has 45 heavy (non-hydrogen) atoms. The first-order valence-corrected chi connectivity index (χ1v) is 15.0. The minimum atomic E-state index is -0.660. The monoisotopic (exact) mass is 589 g/mol. The van der Waals surface area contributed by atoms with Gasteiger partial charge in [0.1, 0.15) is 0 Å². The lowest BCUT2D eigenvalue weighted by molar-refractivity contribution is -0.122. The normalized spacial score (nSPS) is 20.8. The maximum absolute atomic E-state index is 14.0. The second-order valence-corrected chi connectivity index (χ2v) is 11.8. The van der Waals surface area contributed by atoms with Gasteiger partial charge in [0.2, 0.25) is 11.8 Å². The summed E-state index contributed by atoms with van der Waals surface area (Å²) in [6, 6.07) is 39.5. The molecule has 0 N–H and O–H groups in total. The van der Waals surface area contributed by atoms with Crippen molar-refractivity contribution in [2.75, 3.05) is 11.5 Å². The van der Waals surface area contributed by atoms with Crippen molar-refractivity contribution in [1.29, 1.82) is 0 Å². The summed E-state index contributed by atoms with van der Waals surface area (Å²) < 4.78 is 5.32. The summed E-state index contributed by atoms with van der Waals surface area (Å²) in [4.78, 5) is 54.7. The van der Waals surface area contributed by atoms with Crippen LogP contribution in [-0.2, 0) is 14.3 Å². The predicted molar refractivity (Wildman–Crippen MR) is 169 cm³/mol. The molecule has 1 aliphatic heterocycles. The Kier molecular flexibility index (Phi) is 6.31. The minimum absolute atomic E-state index is 0.185. The Labute approximate surface area is 259 Å². The summed E-state index contributed by atoms with van der Waals surface area (Å²) in [6.07, 6.45) is 0. The van der Waals surface area contributed by atoms with Crippen LogP contribution in [0.3, 0.4) is 0 Å². The van der Waals surface area contributed by atoms with E-state index in [4.69, 9.17) is 4.74 Å². The van der Waals surface area contributed by atoms with Crippen LogP contribution in [0.5, 0.6) is 0 Å². The lowest BCUT2D eigenvalue weighted by Crippen LogP contribution is -2.41. The molecule has 218 valence electrons. The third-order valence-electron chi connectivity index (χ3n) is 9.46. The molecule has 0 saturated carbocycles. The number of nitrogens with zero attached hydrogens (tertiary/aromatic N) is 1. The number of hydrogen-bond acceptors (Lipinski definition) is 5. The van der Waals surface area contributed by atoms with Crippen molar-refractivity contribution in [3.8, 4) is 11.1 Å². The van der Waals surface area contributed by atoms with Gasteiger partial charge in [0.05, 0.1) is 23.1 Å². The Balaban J connectivity index is 0.979. The third kappa shape index (κ3) is 4.25. The van der Waals surface area contributed by atoms with E-state index in [0.29, 0.717) is 11.3 Å². The van der Waals surface area contributed by atoms with Gasteiger partial charge in [0.25, 0.3) is 0 Å². The molecule has 1 heterocycles.